The summed E-state index contributed by atoms with van der Waals surface area (Å²) in [6, 6.07) is 5.41. The van der Waals surface area contributed by atoms with Gasteiger partial charge in [0.25, 0.3) is 11.8 Å². The first-order valence-electron chi connectivity index (χ1n) is 7.60. The molecule has 0 spiro atoms. The van der Waals surface area contributed by atoms with Crippen LogP contribution in [0.25, 0.3) is 0 Å². The molecule has 1 aliphatic rings. The second kappa shape index (κ2) is 8.30. The highest BCUT2D eigenvalue weighted by molar-refractivity contribution is 6.11. The molecule has 1 aromatic rings. The number of morpholine rings is 1. The van der Waals surface area contributed by atoms with Gasteiger partial charge in [0.1, 0.15) is 5.75 Å². The number of carbonyl (C=O) groups excluding carboxylic acids is 3. The summed E-state index contributed by atoms with van der Waals surface area (Å²) >= 11 is 0. The third-order valence-electron chi connectivity index (χ3n) is 3.54. The molecule has 0 aliphatic carbocycles. The van der Waals surface area contributed by atoms with E-state index in [1.165, 1.54) is 11.8 Å². The lowest BCUT2D eigenvalue weighted by atomic mass is 10.2. The summed E-state index contributed by atoms with van der Waals surface area (Å²) in [4.78, 5) is 37.9. The molecule has 1 aliphatic heterocycles. The van der Waals surface area contributed by atoms with Crippen LogP contribution in [0.1, 0.15) is 6.92 Å². The number of methoxy groups -OCH3 is 1. The van der Waals surface area contributed by atoms with Crippen LogP contribution in [0.4, 0.5) is 5.69 Å². The van der Waals surface area contributed by atoms with Gasteiger partial charge < -0.3 is 25.0 Å². The van der Waals surface area contributed by atoms with Crippen LogP contribution >= 0.6 is 0 Å². The first-order valence-corrected chi connectivity index (χ1v) is 7.60. The fourth-order valence-corrected chi connectivity index (χ4v) is 2.30. The van der Waals surface area contributed by atoms with Gasteiger partial charge >= 0.3 is 0 Å². The van der Waals surface area contributed by atoms with Gasteiger partial charge in [-0.25, -0.2) is 0 Å². The van der Waals surface area contributed by atoms with Crippen LogP contribution < -0.4 is 15.4 Å². The Bertz CT molecular complexity index is 596. The summed E-state index contributed by atoms with van der Waals surface area (Å²) in [6.45, 7) is 2.88. The Kier molecular flexibility index (Phi) is 6.14. The third kappa shape index (κ3) is 4.69. The van der Waals surface area contributed by atoms with Crippen LogP contribution in [0.5, 0.6) is 5.75 Å². The molecule has 24 heavy (non-hydrogen) atoms. The Morgan fingerprint density at radius 1 is 1.17 bits per heavy atom. The summed E-state index contributed by atoms with van der Waals surface area (Å²) in [7, 11) is 1.54. The Balaban J connectivity index is 2.08. The van der Waals surface area contributed by atoms with Crippen molar-refractivity contribution < 1.29 is 23.9 Å². The van der Waals surface area contributed by atoms with Crippen LogP contribution in [-0.4, -0.2) is 62.1 Å². The Morgan fingerprint density at radius 3 is 2.33 bits per heavy atom. The van der Waals surface area contributed by atoms with Gasteiger partial charge in [-0.2, -0.15) is 0 Å². The van der Waals surface area contributed by atoms with Crippen molar-refractivity contribution in [2.75, 3.05) is 38.7 Å². The molecule has 8 heteroatoms. The number of ether oxygens (including phenoxy) is 2. The molecule has 1 fully saturated rings. The van der Waals surface area contributed by atoms with Crippen LogP contribution in [-0.2, 0) is 19.1 Å². The van der Waals surface area contributed by atoms with E-state index in [9.17, 15) is 14.4 Å². The van der Waals surface area contributed by atoms with Crippen LogP contribution in [0, 0.1) is 0 Å². The van der Waals surface area contributed by atoms with E-state index in [2.05, 4.69) is 10.6 Å². The van der Waals surface area contributed by atoms with Gasteiger partial charge in [0.15, 0.2) is 6.04 Å². The zero-order valence-electron chi connectivity index (χ0n) is 13.7. The van der Waals surface area contributed by atoms with Crippen molar-refractivity contribution in [1.29, 1.82) is 0 Å². The van der Waals surface area contributed by atoms with Gasteiger partial charge in [0, 0.05) is 25.7 Å². The van der Waals surface area contributed by atoms with Crippen molar-refractivity contribution in [1.82, 2.24) is 10.2 Å². The first kappa shape index (κ1) is 17.7. The molecule has 8 nitrogen and oxygen atoms in total. The average Bonchev–Trinajstić information content (AvgIpc) is 2.60. The molecule has 2 rings (SSSR count). The second-order valence-corrected chi connectivity index (χ2v) is 5.29. The average molecular weight is 335 g/mol. The van der Waals surface area contributed by atoms with Crippen molar-refractivity contribution in [2.45, 2.75) is 13.0 Å². The molecule has 0 bridgehead atoms. The molecule has 1 aromatic carbocycles. The van der Waals surface area contributed by atoms with Gasteiger partial charge in [-0.05, 0) is 24.3 Å². The Hall–Kier alpha value is -2.61. The molecular formula is C16H21N3O5. The minimum Gasteiger partial charge on any atom is -0.497 e. The predicted octanol–water partition coefficient (Wildman–Crippen LogP) is -0.00280. The number of rotatable bonds is 5. The zero-order chi connectivity index (χ0) is 17.5. The van der Waals surface area contributed by atoms with E-state index < -0.39 is 23.8 Å². The Morgan fingerprint density at radius 2 is 1.79 bits per heavy atom. The number of amides is 3. The van der Waals surface area contributed by atoms with Crippen molar-refractivity contribution in [3.05, 3.63) is 24.3 Å². The van der Waals surface area contributed by atoms with E-state index in [-0.39, 0.29) is 0 Å². The van der Waals surface area contributed by atoms with Crippen molar-refractivity contribution in [2.24, 2.45) is 0 Å². The standard InChI is InChI=1S/C16H21N3O5/c1-11(20)17-14(16(22)19-7-9-24-10-8-19)15(21)18-12-3-5-13(23-2)6-4-12/h3-6,14H,7-10H2,1-2H3,(H,17,20)(H,18,21)/t14-/m1/s1. The largest absolute Gasteiger partial charge is 0.497 e. The molecule has 0 saturated carbocycles. The van der Waals surface area contributed by atoms with E-state index >= 15 is 0 Å². The summed E-state index contributed by atoms with van der Waals surface area (Å²) in [5.41, 5.74) is 0.505. The number of anilines is 1. The number of nitrogens with zero attached hydrogens (tertiary/aromatic N) is 1. The number of hydrogen-bond donors (Lipinski definition) is 2. The van der Waals surface area contributed by atoms with Gasteiger partial charge in [-0.15, -0.1) is 0 Å². The van der Waals surface area contributed by atoms with Gasteiger partial charge in [-0.3, -0.25) is 14.4 Å². The SMILES string of the molecule is COc1ccc(NC(=O)[C@@H](NC(C)=O)C(=O)N2CCOCC2)cc1. The van der Waals surface area contributed by atoms with Gasteiger partial charge in [0.05, 0.1) is 20.3 Å². The highest BCUT2D eigenvalue weighted by Gasteiger charge is 2.32. The second-order valence-electron chi connectivity index (χ2n) is 5.29. The number of hydrogen-bond acceptors (Lipinski definition) is 5. The molecule has 1 heterocycles. The fourth-order valence-electron chi connectivity index (χ4n) is 2.30. The first-order chi connectivity index (χ1) is 11.5. The molecule has 0 aromatic heterocycles. The van der Waals surface area contributed by atoms with E-state index in [0.717, 1.165) is 0 Å². The maximum absolute atomic E-state index is 12.5. The maximum Gasteiger partial charge on any atom is 0.256 e. The molecule has 2 N–H and O–H groups in total. The quantitative estimate of drug-likeness (QED) is 0.738. The molecule has 130 valence electrons. The number of nitrogens with one attached hydrogen (secondary N) is 2. The molecule has 1 saturated heterocycles. The highest BCUT2D eigenvalue weighted by atomic mass is 16.5. The normalized spacial score (nSPS) is 15.3. The third-order valence-corrected chi connectivity index (χ3v) is 3.54. The number of benzene rings is 1. The lowest BCUT2D eigenvalue weighted by Crippen LogP contribution is -2.56. The lowest BCUT2D eigenvalue weighted by Gasteiger charge is -2.30. The van der Waals surface area contributed by atoms with E-state index in [1.54, 1.807) is 31.4 Å². The lowest BCUT2D eigenvalue weighted by molar-refractivity contribution is -0.143. The van der Waals surface area contributed by atoms with E-state index in [4.69, 9.17) is 9.47 Å². The summed E-state index contributed by atoms with van der Waals surface area (Å²) in [5, 5.41) is 5.04. The van der Waals surface area contributed by atoms with Gasteiger partial charge in [-0.1, -0.05) is 0 Å². The maximum atomic E-state index is 12.5. The van der Waals surface area contributed by atoms with Crippen LogP contribution in [0.15, 0.2) is 24.3 Å². The highest BCUT2D eigenvalue weighted by Crippen LogP contribution is 2.15. The summed E-state index contributed by atoms with van der Waals surface area (Å²) in [5.74, 6) is -0.839. The molecule has 3 amide bonds. The van der Waals surface area contributed by atoms with E-state index in [0.29, 0.717) is 37.7 Å². The minimum absolute atomic E-state index is 0.394. The molecule has 1 atom stereocenters. The minimum atomic E-state index is -1.28. The van der Waals surface area contributed by atoms with Crippen molar-refractivity contribution >= 4 is 23.4 Å². The molecular weight excluding hydrogens is 314 g/mol. The van der Waals surface area contributed by atoms with Crippen molar-refractivity contribution in [3.8, 4) is 5.75 Å². The smallest absolute Gasteiger partial charge is 0.256 e. The predicted molar refractivity (Wildman–Crippen MR) is 86.6 cm³/mol. The van der Waals surface area contributed by atoms with Crippen LogP contribution in [0.3, 0.4) is 0 Å². The summed E-state index contributed by atoms with van der Waals surface area (Å²) < 4.78 is 10.2. The summed E-state index contributed by atoms with van der Waals surface area (Å²) in [6.07, 6.45) is 0. The zero-order valence-corrected chi connectivity index (χ0v) is 13.7. The van der Waals surface area contributed by atoms with Crippen LogP contribution in [0.2, 0.25) is 0 Å². The van der Waals surface area contributed by atoms with E-state index in [1.807, 2.05) is 0 Å². The molecule has 0 unspecified atom stereocenters. The van der Waals surface area contributed by atoms with Gasteiger partial charge in [0.2, 0.25) is 5.91 Å². The topological polar surface area (TPSA) is 97.0 Å². The van der Waals surface area contributed by atoms with Crippen molar-refractivity contribution in [3.63, 3.8) is 0 Å². The Labute approximate surface area is 140 Å². The fraction of sp³-hybridized carbons (Fsp3) is 0.438. The monoisotopic (exact) mass is 335 g/mol. The molecule has 0 radical (unpaired) electrons. The number of carbonyl (C=O) groups is 3.